The molecule has 0 saturated carbocycles. The molecule has 5 rings (SSSR count). The van der Waals surface area contributed by atoms with E-state index in [0.717, 1.165) is 0 Å². The zero-order valence-corrected chi connectivity index (χ0v) is 20.2. The predicted molar refractivity (Wildman–Crippen MR) is 125 cm³/mol. The van der Waals surface area contributed by atoms with Crippen LogP contribution in [-0.4, -0.2) is 45.1 Å². The fourth-order valence-corrected chi connectivity index (χ4v) is 5.45. The highest BCUT2D eigenvalue weighted by molar-refractivity contribution is 7.11. The molecular weight excluding hydrogens is 503 g/mol. The number of benzene rings is 1. The van der Waals surface area contributed by atoms with Crippen molar-refractivity contribution in [3.05, 3.63) is 74.8 Å². The topological polar surface area (TPSA) is 72.6 Å². The van der Waals surface area contributed by atoms with Gasteiger partial charge >= 0.3 is 12.5 Å². The molecule has 2 aliphatic rings. The molecule has 0 spiro atoms. The van der Waals surface area contributed by atoms with E-state index in [0.29, 0.717) is 32.4 Å². The molecule has 2 aromatic heterocycles. The molecule has 0 aliphatic carbocycles. The summed E-state index contributed by atoms with van der Waals surface area (Å²) in [6.07, 6.45) is 3.06. The van der Waals surface area contributed by atoms with E-state index < -0.39 is 29.8 Å². The molecule has 2 aliphatic heterocycles. The number of alkyl halides is 2. The zero-order valence-electron chi connectivity index (χ0n) is 18.6. The second-order valence-electron chi connectivity index (χ2n) is 8.49. The van der Waals surface area contributed by atoms with Crippen molar-refractivity contribution in [3.8, 4) is 0 Å². The van der Waals surface area contributed by atoms with Gasteiger partial charge in [0.15, 0.2) is 10.8 Å². The average molecular weight is 522 g/mol. The number of carbonyl (C=O) groups is 1. The molecule has 35 heavy (non-hydrogen) atoms. The van der Waals surface area contributed by atoms with Crippen LogP contribution in [-0.2, 0) is 9.53 Å². The summed E-state index contributed by atoms with van der Waals surface area (Å²) in [5.41, 5.74) is 0.975. The Morgan fingerprint density at radius 3 is 2.77 bits per heavy atom. The largest absolute Gasteiger partial charge is 0.469 e. The monoisotopic (exact) mass is 521 g/mol. The highest BCUT2D eigenvalue weighted by atomic mass is 35.5. The number of amidine groups is 1. The normalized spacial score (nSPS) is 22.0. The molecule has 1 saturated heterocycles. The number of thiazole rings is 1. The average Bonchev–Trinajstić information content (AvgIpc) is 3.57. The first-order chi connectivity index (χ1) is 16.7. The van der Waals surface area contributed by atoms with Gasteiger partial charge in [0.2, 0.25) is 0 Å². The third-order valence-corrected chi connectivity index (χ3v) is 7.22. The van der Waals surface area contributed by atoms with Gasteiger partial charge in [-0.15, -0.1) is 11.3 Å². The van der Waals surface area contributed by atoms with Crippen LogP contribution in [0.15, 0.2) is 52.7 Å². The van der Waals surface area contributed by atoms with E-state index in [1.54, 1.807) is 18.5 Å². The van der Waals surface area contributed by atoms with Gasteiger partial charge in [-0.25, -0.2) is 14.1 Å². The Morgan fingerprint density at radius 2 is 2.14 bits per heavy atom. The van der Waals surface area contributed by atoms with Crippen LogP contribution >= 0.6 is 22.9 Å². The summed E-state index contributed by atoms with van der Waals surface area (Å²) in [5.74, 6) is -0.424. The number of nitrogens with zero attached hydrogens (tertiary/aromatic N) is 5. The van der Waals surface area contributed by atoms with Crippen LogP contribution in [0.2, 0.25) is 5.02 Å². The van der Waals surface area contributed by atoms with Crippen molar-refractivity contribution in [1.82, 2.24) is 19.7 Å². The minimum atomic E-state index is -2.83. The number of methoxy groups -OCH3 is 1. The molecule has 0 amide bonds. The quantitative estimate of drug-likeness (QED) is 0.425. The van der Waals surface area contributed by atoms with Gasteiger partial charge in [-0.2, -0.15) is 13.9 Å². The maximum atomic E-state index is 13.9. The second-order valence-corrected chi connectivity index (χ2v) is 9.79. The van der Waals surface area contributed by atoms with E-state index in [4.69, 9.17) is 21.3 Å². The van der Waals surface area contributed by atoms with Crippen molar-refractivity contribution in [2.75, 3.05) is 13.7 Å². The highest BCUT2D eigenvalue weighted by Gasteiger charge is 2.50. The number of aromatic nitrogens is 3. The summed E-state index contributed by atoms with van der Waals surface area (Å²) in [5, 5.41) is 6.62. The first-order valence-corrected chi connectivity index (χ1v) is 11.8. The Balaban J connectivity index is 1.76. The van der Waals surface area contributed by atoms with Gasteiger partial charge in [-0.3, -0.25) is 9.79 Å². The Hall–Kier alpha value is -3.18. The maximum absolute atomic E-state index is 13.9. The fourth-order valence-electron chi connectivity index (χ4n) is 4.54. The van der Waals surface area contributed by atoms with E-state index in [-0.39, 0.29) is 23.7 Å². The van der Waals surface area contributed by atoms with Gasteiger partial charge in [0.05, 0.1) is 18.2 Å². The number of allylic oxidation sites excluding steroid dienone is 1. The summed E-state index contributed by atoms with van der Waals surface area (Å²) in [6.45, 7) is -0.810. The molecule has 2 atom stereocenters. The lowest BCUT2D eigenvalue weighted by atomic mass is 9.86. The van der Waals surface area contributed by atoms with Crippen molar-refractivity contribution in [1.29, 1.82) is 0 Å². The first kappa shape index (κ1) is 23.6. The smallest absolute Gasteiger partial charge is 0.333 e. The van der Waals surface area contributed by atoms with Crippen LogP contribution in [0.3, 0.4) is 0 Å². The number of aliphatic imine (C=N–C) groups is 1. The molecule has 0 bridgehead atoms. The van der Waals surface area contributed by atoms with Crippen LogP contribution in [0, 0.1) is 11.2 Å². The van der Waals surface area contributed by atoms with Gasteiger partial charge in [0.1, 0.15) is 11.9 Å². The highest BCUT2D eigenvalue weighted by Crippen LogP contribution is 2.50. The van der Waals surface area contributed by atoms with Crippen molar-refractivity contribution >= 4 is 40.3 Å². The van der Waals surface area contributed by atoms with E-state index in [9.17, 15) is 18.0 Å². The number of rotatable bonds is 5. The van der Waals surface area contributed by atoms with Gasteiger partial charge in [-0.1, -0.05) is 17.7 Å². The summed E-state index contributed by atoms with van der Waals surface area (Å²) in [6, 6.07) is 4.62. The minimum Gasteiger partial charge on any atom is -0.469 e. The van der Waals surface area contributed by atoms with Crippen LogP contribution < -0.4 is 0 Å². The Kier molecular flexibility index (Phi) is 5.92. The Bertz CT molecular complexity index is 1360. The van der Waals surface area contributed by atoms with Crippen LogP contribution in [0.25, 0.3) is 5.57 Å². The number of hydrogen-bond donors (Lipinski definition) is 0. The molecule has 182 valence electrons. The Labute approximate surface area is 207 Å². The molecular formula is C23H19ClF3N5O2S. The number of fused-ring (bicyclic) bond motifs is 1. The first-order valence-electron chi connectivity index (χ1n) is 10.6. The van der Waals surface area contributed by atoms with Gasteiger partial charge in [0, 0.05) is 52.6 Å². The SMILES string of the molecule is COC(=O)[C@]1(C)CC2=C(c3ccn(C(F)F)n3)[C@H](c3ccc(F)cc3Cl)N=C(c3nccs3)N2C1. The fraction of sp³-hybridized carbons (Fsp3) is 0.304. The molecule has 0 radical (unpaired) electrons. The summed E-state index contributed by atoms with van der Waals surface area (Å²) < 4.78 is 46.3. The second kappa shape index (κ2) is 8.80. The Morgan fingerprint density at radius 1 is 1.34 bits per heavy atom. The molecule has 0 unspecified atom stereocenters. The summed E-state index contributed by atoms with van der Waals surface area (Å²) >= 11 is 7.80. The van der Waals surface area contributed by atoms with Gasteiger partial charge in [0.25, 0.3) is 0 Å². The number of ether oxygens (including phenoxy) is 1. The molecule has 0 N–H and O–H groups in total. The van der Waals surface area contributed by atoms with Crippen molar-refractivity contribution < 1.29 is 22.7 Å². The van der Waals surface area contributed by atoms with Gasteiger partial charge < -0.3 is 9.64 Å². The summed E-state index contributed by atoms with van der Waals surface area (Å²) in [7, 11) is 1.32. The lowest BCUT2D eigenvalue weighted by molar-refractivity contribution is -0.150. The third kappa shape index (κ3) is 4.02. The van der Waals surface area contributed by atoms with Crippen molar-refractivity contribution in [3.63, 3.8) is 0 Å². The van der Waals surface area contributed by atoms with E-state index in [2.05, 4.69) is 10.1 Å². The standard InChI is InChI=1S/C23H19ClF3N5O2S/c1-23(21(33)34-2)10-16-17(15-5-7-32(30-15)22(26)27)18(13-4-3-12(25)9-14(13)24)29-19(31(16)11-23)20-28-6-8-35-20/h3-9,18,22H,10-11H2,1-2H3/t18-,23+/m0/s1. The van der Waals surface area contributed by atoms with Crippen LogP contribution in [0.4, 0.5) is 13.2 Å². The lowest BCUT2D eigenvalue weighted by Gasteiger charge is -2.32. The molecule has 3 aromatic rings. The maximum Gasteiger partial charge on any atom is 0.333 e. The number of hydrogen-bond acceptors (Lipinski definition) is 7. The van der Waals surface area contributed by atoms with E-state index in [1.165, 1.54) is 48.9 Å². The van der Waals surface area contributed by atoms with E-state index >= 15 is 0 Å². The number of carbonyl (C=O) groups excluding carboxylic acids is 1. The third-order valence-electron chi connectivity index (χ3n) is 6.13. The van der Waals surface area contributed by atoms with E-state index in [1.807, 2.05) is 4.90 Å². The minimum absolute atomic E-state index is 0.130. The number of halogens is 4. The van der Waals surface area contributed by atoms with Crippen LogP contribution in [0.1, 0.15) is 42.2 Å². The molecule has 4 heterocycles. The molecule has 7 nitrogen and oxygen atoms in total. The molecule has 1 aromatic carbocycles. The number of esters is 1. The molecule has 12 heteroatoms. The van der Waals surface area contributed by atoms with Gasteiger partial charge in [-0.05, 0) is 25.1 Å². The predicted octanol–water partition coefficient (Wildman–Crippen LogP) is 5.33. The van der Waals surface area contributed by atoms with Crippen LogP contribution in [0.5, 0.6) is 0 Å². The van der Waals surface area contributed by atoms with Crippen molar-refractivity contribution in [2.24, 2.45) is 10.4 Å². The zero-order chi connectivity index (χ0) is 24.9. The summed E-state index contributed by atoms with van der Waals surface area (Å²) in [4.78, 5) is 23.9. The lowest BCUT2D eigenvalue weighted by Crippen LogP contribution is -2.37. The molecule has 1 fully saturated rings. The van der Waals surface area contributed by atoms with Crippen molar-refractivity contribution in [2.45, 2.75) is 25.9 Å².